The van der Waals surface area contributed by atoms with Gasteiger partial charge in [-0.05, 0) is 46.2 Å². The van der Waals surface area contributed by atoms with Crippen molar-refractivity contribution in [2.75, 3.05) is 19.8 Å². The van der Waals surface area contributed by atoms with Crippen molar-refractivity contribution in [1.82, 2.24) is 5.32 Å². The summed E-state index contributed by atoms with van der Waals surface area (Å²) in [5.41, 5.74) is 1.14. The van der Waals surface area contributed by atoms with Gasteiger partial charge in [0, 0.05) is 4.88 Å². The van der Waals surface area contributed by atoms with E-state index in [1.165, 1.54) is 4.88 Å². The van der Waals surface area contributed by atoms with Crippen LogP contribution >= 0.6 is 38.9 Å². The zero-order chi connectivity index (χ0) is 14.8. The minimum atomic E-state index is 0.0969. The number of halogens is 2. The molecule has 1 aromatic heterocycles. The van der Waals surface area contributed by atoms with Crippen LogP contribution in [-0.4, -0.2) is 19.8 Å². The fraction of sp³-hybridized carbons (Fsp3) is 0.333. The molecule has 0 bridgehead atoms. The lowest BCUT2D eigenvalue weighted by molar-refractivity contribution is 0.171. The van der Waals surface area contributed by atoms with Gasteiger partial charge < -0.3 is 14.8 Å². The molecule has 0 aliphatic carbocycles. The highest BCUT2D eigenvalue weighted by Gasteiger charge is 2.20. The highest BCUT2D eigenvalue weighted by molar-refractivity contribution is 9.11. The second-order valence-electron chi connectivity index (χ2n) is 4.66. The van der Waals surface area contributed by atoms with Crippen LogP contribution in [-0.2, 0) is 0 Å². The van der Waals surface area contributed by atoms with E-state index in [1.807, 2.05) is 18.2 Å². The first-order chi connectivity index (χ1) is 10.2. The van der Waals surface area contributed by atoms with E-state index in [-0.39, 0.29) is 6.04 Å². The molecule has 3 rings (SSSR count). The zero-order valence-corrected chi connectivity index (χ0v) is 14.6. The molecule has 2 aromatic rings. The summed E-state index contributed by atoms with van der Waals surface area (Å²) >= 11 is 11.3. The lowest BCUT2D eigenvalue weighted by atomic mass is 10.0. The largest absolute Gasteiger partial charge is 0.486 e. The van der Waals surface area contributed by atoms with Crippen LogP contribution in [0.4, 0.5) is 0 Å². The van der Waals surface area contributed by atoms with Crippen molar-refractivity contribution in [1.29, 1.82) is 0 Å². The summed E-state index contributed by atoms with van der Waals surface area (Å²) in [6.45, 7) is 4.16. The van der Waals surface area contributed by atoms with Crippen LogP contribution in [0.25, 0.3) is 0 Å². The van der Waals surface area contributed by atoms with Crippen LogP contribution in [0, 0.1) is 0 Å². The number of nitrogens with one attached hydrogen (secondary N) is 1. The first-order valence-corrected chi connectivity index (χ1v) is 8.75. The van der Waals surface area contributed by atoms with E-state index in [0.29, 0.717) is 13.2 Å². The number of hydrogen-bond donors (Lipinski definition) is 1. The van der Waals surface area contributed by atoms with Crippen LogP contribution in [0.1, 0.15) is 23.4 Å². The predicted octanol–water partition coefficient (Wildman–Crippen LogP) is 4.63. The topological polar surface area (TPSA) is 30.5 Å². The molecule has 1 atom stereocenters. The number of ether oxygens (including phenoxy) is 2. The van der Waals surface area contributed by atoms with E-state index in [1.54, 1.807) is 11.3 Å². The molecule has 0 saturated carbocycles. The molecule has 0 saturated heterocycles. The summed E-state index contributed by atoms with van der Waals surface area (Å²) < 4.78 is 12.2. The quantitative estimate of drug-likeness (QED) is 0.828. The number of benzene rings is 1. The minimum absolute atomic E-state index is 0.0969. The fourth-order valence-corrected chi connectivity index (χ4v) is 4.18. The fourth-order valence-electron chi connectivity index (χ4n) is 2.33. The summed E-state index contributed by atoms with van der Waals surface area (Å²) in [5, 5.41) is 4.24. The Kier molecular flexibility index (Phi) is 4.74. The van der Waals surface area contributed by atoms with Gasteiger partial charge in [-0.15, -0.1) is 11.3 Å². The Morgan fingerprint density at radius 1 is 1.29 bits per heavy atom. The van der Waals surface area contributed by atoms with Gasteiger partial charge in [-0.25, -0.2) is 0 Å². The summed E-state index contributed by atoms with van der Waals surface area (Å²) in [7, 11) is 0. The van der Waals surface area contributed by atoms with Crippen LogP contribution in [0.5, 0.6) is 11.5 Å². The third-order valence-electron chi connectivity index (χ3n) is 3.26. The predicted molar refractivity (Wildman–Crippen MR) is 90.0 cm³/mol. The Labute approximate surface area is 141 Å². The SMILES string of the molecule is CCNC(c1ccc2c(c1)OCCO2)c1cc(Cl)c(Br)s1. The second-order valence-corrected chi connectivity index (χ2v) is 7.47. The van der Waals surface area contributed by atoms with Gasteiger partial charge in [0.05, 0.1) is 14.9 Å². The summed E-state index contributed by atoms with van der Waals surface area (Å²) in [4.78, 5) is 1.17. The van der Waals surface area contributed by atoms with E-state index >= 15 is 0 Å². The maximum absolute atomic E-state index is 6.17. The van der Waals surface area contributed by atoms with Crippen molar-refractivity contribution in [3.63, 3.8) is 0 Å². The smallest absolute Gasteiger partial charge is 0.161 e. The maximum atomic E-state index is 6.17. The van der Waals surface area contributed by atoms with Gasteiger partial charge >= 0.3 is 0 Å². The standard InChI is InChI=1S/C15H15BrClNO2S/c1-2-18-14(13-8-10(17)15(16)21-13)9-3-4-11-12(7-9)20-6-5-19-11/h3-4,7-8,14,18H,2,5-6H2,1H3. The number of hydrogen-bond acceptors (Lipinski definition) is 4. The molecule has 1 aromatic carbocycles. The van der Waals surface area contributed by atoms with E-state index in [9.17, 15) is 0 Å². The minimum Gasteiger partial charge on any atom is -0.486 e. The van der Waals surface area contributed by atoms with Gasteiger partial charge in [0.15, 0.2) is 11.5 Å². The molecule has 0 radical (unpaired) electrons. The van der Waals surface area contributed by atoms with Crippen LogP contribution in [0.2, 0.25) is 5.02 Å². The van der Waals surface area contributed by atoms with Gasteiger partial charge in [0.2, 0.25) is 0 Å². The summed E-state index contributed by atoms with van der Waals surface area (Å²) in [5.74, 6) is 1.62. The van der Waals surface area contributed by atoms with Gasteiger partial charge in [-0.2, -0.15) is 0 Å². The average molecular weight is 389 g/mol. The van der Waals surface area contributed by atoms with Crippen molar-refractivity contribution in [3.8, 4) is 11.5 Å². The van der Waals surface area contributed by atoms with Crippen LogP contribution in [0.15, 0.2) is 28.1 Å². The maximum Gasteiger partial charge on any atom is 0.161 e. The first kappa shape index (κ1) is 15.2. The van der Waals surface area contributed by atoms with Crippen LogP contribution in [0.3, 0.4) is 0 Å². The van der Waals surface area contributed by atoms with E-state index in [0.717, 1.165) is 32.4 Å². The van der Waals surface area contributed by atoms with Crippen molar-refractivity contribution in [3.05, 3.63) is 43.5 Å². The molecular weight excluding hydrogens is 374 g/mol. The Balaban J connectivity index is 1.97. The molecule has 1 aliphatic rings. The molecule has 3 nitrogen and oxygen atoms in total. The monoisotopic (exact) mass is 387 g/mol. The zero-order valence-electron chi connectivity index (χ0n) is 11.5. The number of rotatable bonds is 4. The molecule has 0 amide bonds. The molecule has 1 N–H and O–H groups in total. The molecule has 2 heterocycles. The second kappa shape index (κ2) is 6.57. The summed E-state index contributed by atoms with van der Waals surface area (Å²) in [6.07, 6.45) is 0. The molecule has 1 aliphatic heterocycles. The lowest BCUT2D eigenvalue weighted by Gasteiger charge is -2.22. The van der Waals surface area contributed by atoms with Gasteiger partial charge in [0.1, 0.15) is 13.2 Å². The molecule has 6 heteroatoms. The van der Waals surface area contributed by atoms with Crippen LogP contribution < -0.4 is 14.8 Å². The third-order valence-corrected chi connectivity index (χ3v) is 5.80. The van der Waals surface area contributed by atoms with E-state index in [2.05, 4.69) is 34.2 Å². The third kappa shape index (κ3) is 3.21. The van der Waals surface area contributed by atoms with Crippen molar-refractivity contribution in [2.24, 2.45) is 0 Å². The average Bonchev–Trinajstić information content (AvgIpc) is 2.83. The van der Waals surface area contributed by atoms with Crippen molar-refractivity contribution in [2.45, 2.75) is 13.0 Å². The Morgan fingerprint density at radius 3 is 2.71 bits per heavy atom. The molecule has 1 unspecified atom stereocenters. The Hall–Kier alpha value is -0.750. The molecule has 0 spiro atoms. The molecule has 0 fully saturated rings. The lowest BCUT2D eigenvalue weighted by Crippen LogP contribution is -2.22. The molecule has 21 heavy (non-hydrogen) atoms. The van der Waals surface area contributed by atoms with Crippen molar-refractivity contribution >= 4 is 38.9 Å². The van der Waals surface area contributed by atoms with Gasteiger partial charge in [0.25, 0.3) is 0 Å². The Bertz CT molecular complexity index is 627. The number of fused-ring (bicyclic) bond motifs is 1. The van der Waals surface area contributed by atoms with Gasteiger partial charge in [-0.1, -0.05) is 24.6 Å². The Morgan fingerprint density at radius 2 is 2.05 bits per heavy atom. The first-order valence-electron chi connectivity index (χ1n) is 6.76. The summed E-state index contributed by atoms with van der Waals surface area (Å²) in [6, 6.07) is 8.18. The van der Waals surface area contributed by atoms with E-state index < -0.39 is 0 Å². The molecular formula is C15H15BrClNO2S. The number of thiophene rings is 1. The van der Waals surface area contributed by atoms with Gasteiger partial charge in [-0.3, -0.25) is 0 Å². The highest BCUT2D eigenvalue weighted by atomic mass is 79.9. The van der Waals surface area contributed by atoms with E-state index in [4.69, 9.17) is 21.1 Å². The highest BCUT2D eigenvalue weighted by Crippen LogP contribution is 2.39. The molecule has 112 valence electrons. The normalized spacial score (nSPS) is 15.0. The van der Waals surface area contributed by atoms with Crippen molar-refractivity contribution < 1.29 is 9.47 Å².